The molecule has 0 spiro atoms. The molecule has 4 heteroatoms. The third kappa shape index (κ3) is 2.96. The Labute approximate surface area is 113 Å². The standard InChI is InChI=1S/C14H20ClNO2/c1-10(11-7-5-6-8-12(11)17)16(4)13(18)14(2,3)9-15/h5-8,10,17H,9H2,1-4H3. The van der Waals surface area contributed by atoms with Crippen LogP contribution in [0.25, 0.3) is 0 Å². The van der Waals surface area contributed by atoms with Crippen LogP contribution in [0.4, 0.5) is 0 Å². The maximum absolute atomic E-state index is 12.3. The molecule has 0 aliphatic rings. The quantitative estimate of drug-likeness (QED) is 0.853. The molecule has 0 saturated carbocycles. The molecule has 0 saturated heterocycles. The van der Waals surface area contributed by atoms with Crippen LogP contribution < -0.4 is 0 Å². The molecule has 18 heavy (non-hydrogen) atoms. The molecule has 1 amide bonds. The topological polar surface area (TPSA) is 40.5 Å². The van der Waals surface area contributed by atoms with Gasteiger partial charge >= 0.3 is 0 Å². The highest BCUT2D eigenvalue weighted by Gasteiger charge is 2.32. The summed E-state index contributed by atoms with van der Waals surface area (Å²) in [5.74, 6) is 0.436. The number of rotatable bonds is 4. The van der Waals surface area contributed by atoms with Crippen molar-refractivity contribution in [1.82, 2.24) is 4.90 Å². The number of para-hydroxylation sites is 1. The van der Waals surface area contributed by atoms with Crippen molar-refractivity contribution in [3.05, 3.63) is 29.8 Å². The van der Waals surface area contributed by atoms with Crippen LogP contribution in [0.5, 0.6) is 5.75 Å². The average molecular weight is 270 g/mol. The second-order valence-corrected chi connectivity index (χ2v) is 5.44. The summed E-state index contributed by atoms with van der Waals surface area (Å²) in [6.07, 6.45) is 0. The molecule has 1 aromatic carbocycles. The van der Waals surface area contributed by atoms with Gasteiger partial charge in [0.2, 0.25) is 5.91 Å². The maximum Gasteiger partial charge on any atom is 0.229 e. The molecule has 1 aromatic rings. The minimum Gasteiger partial charge on any atom is -0.508 e. The Bertz CT molecular complexity index is 432. The van der Waals surface area contributed by atoms with Crippen LogP contribution in [0, 0.1) is 5.41 Å². The molecule has 3 nitrogen and oxygen atoms in total. The van der Waals surface area contributed by atoms with Crippen molar-refractivity contribution in [1.29, 1.82) is 0 Å². The number of amides is 1. The lowest BCUT2D eigenvalue weighted by Crippen LogP contribution is -2.40. The summed E-state index contributed by atoms with van der Waals surface area (Å²) in [6, 6.07) is 6.85. The van der Waals surface area contributed by atoms with Crippen LogP contribution in [0.1, 0.15) is 32.4 Å². The van der Waals surface area contributed by atoms with Crippen molar-refractivity contribution in [2.24, 2.45) is 5.41 Å². The lowest BCUT2D eigenvalue weighted by molar-refractivity contribution is -0.139. The number of nitrogens with zero attached hydrogens (tertiary/aromatic N) is 1. The van der Waals surface area contributed by atoms with E-state index in [2.05, 4.69) is 0 Å². The van der Waals surface area contributed by atoms with Crippen molar-refractivity contribution >= 4 is 17.5 Å². The number of hydrogen-bond donors (Lipinski definition) is 1. The zero-order valence-corrected chi connectivity index (χ0v) is 12.0. The first-order chi connectivity index (χ1) is 8.31. The van der Waals surface area contributed by atoms with Crippen LogP contribution in [-0.4, -0.2) is 28.8 Å². The highest BCUT2D eigenvalue weighted by molar-refractivity contribution is 6.19. The second kappa shape index (κ2) is 5.61. The Kier molecular flexibility index (Phi) is 4.63. The molecule has 0 radical (unpaired) electrons. The van der Waals surface area contributed by atoms with Gasteiger partial charge in [0, 0.05) is 18.5 Å². The second-order valence-electron chi connectivity index (χ2n) is 5.17. The number of alkyl halides is 1. The fraction of sp³-hybridized carbons (Fsp3) is 0.500. The largest absolute Gasteiger partial charge is 0.508 e. The molecular weight excluding hydrogens is 250 g/mol. The lowest BCUT2D eigenvalue weighted by atomic mass is 9.93. The molecule has 100 valence electrons. The zero-order valence-electron chi connectivity index (χ0n) is 11.3. The average Bonchev–Trinajstić information content (AvgIpc) is 2.36. The van der Waals surface area contributed by atoms with Crippen molar-refractivity contribution in [3.63, 3.8) is 0 Å². The van der Waals surface area contributed by atoms with E-state index in [1.165, 1.54) is 0 Å². The molecule has 0 fully saturated rings. The number of phenolic OH excluding ortho intramolecular Hbond substituents is 1. The SMILES string of the molecule is CC(c1ccccc1O)N(C)C(=O)C(C)(C)CCl. The summed E-state index contributed by atoms with van der Waals surface area (Å²) in [5, 5.41) is 9.81. The van der Waals surface area contributed by atoms with E-state index in [-0.39, 0.29) is 23.6 Å². The highest BCUT2D eigenvalue weighted by Crippen LogP contribution is 2.30. The summed E-state index contributed by atoms with van der Waals surface area (Å²) < 4.78 is 0. The Balaban J connectivity index is 2.95. The van der Waals surface area contributed by atoms with Crippen LogP contribution in [0.2, 0.25) is 0 Å². The van der Waals surface area contributed by atoms with Gasteiger partial charge in [-0.2, -0.15) is 0 Å². The Morgan fingerprint density at radius 3 is 2.50 bits per heavy atom. The fourth-order valence-electron chi connectivity index (χ4n) is 1.76. The van der Waals surface area contributed by atoms with E-state index in [0.717, 1.165) is 5.56 Å². The van der Waals surface area contributed by atoms with Gasteiger partial charge in [-0.05, 0) is 26.8 Å². The Morgan fingerprint density at radius 1 is 1.44 bits per heavy atom. The van der Waals surface area contributed by atoms with Crippen molar-refractivity contribution in [3.8, 4) is 5.75 Å². The molecule has 1 rings (SSSR count). The van der Waals surface area contributed by atoms with Gasteiger partial charge in [0.25, 0.3) is 0 Å². The number of carbonyl (C=O) groups excluding carboxylic acids is 1. The predicted octanol–water partition coefficient (Wildman–Crippen LogP) is 3.18. The third-order valence-electron chi connectivity index (χ3n) is 3.20. The third-order valence-corrected chi connectivity index (χ3v) is 3.87. The zero-order chi connectivity index (χ0) is 13.9. The number of hydrogen-bond acceptors (Lipinski definition) is 2. The van der Waals surface area contributed by atoms with Crippen LogP contribution in [-0.2, 0) is 4.79 Å². The summed E-state index contributed by atoms with van der Waals surface area (Å²) in [4.78, 5) is 13.9. The number of phenols is 1. The normalized spacial score (nSPS) is 13.2. The predicted molar refractivity (Wildman–Crippen MR) is 73.8 cm³/mol. The molecule has 0 heterocycles. The van der Waals surface area contributed by atoms with E-state index in [9.17, 15) is 9.90 Å². The van der Waals surface area contributed by atoms with Gasteiger partial charge in [0.15, 0.2) is 0 Å². The fourth-order valence-corrected chi connectivity index (χ4v) is 1.87. The van der Waals surface area contributed by atoms with E-state index >= 15 is 0 Å². The first-order valence-corrected chi connectivity index (χ1v) is 6.46. The first kappa shape index (κ1) is 14.8. The van der Waals surface area contributed by atoms with E-state index in [0.29, 0.717) is 0 Å². The maximum atomic E-state index is 12.3. The van der Waals surface area contributed by atoms with Gasteiger partial charge in [0.1, 0.15) is 5.75 Å². The summed E-state index contributed by atoms with van der Waals surface area (Å²) >= 11 is 5.82. The summed E-state index contributed by atoms with van der Waals surface area (Å²) in [5.41, 5.74) is 0.133. The number of benzene rings is 1. The van der Waals surface area contributed by atoms with E-state index in [4.69, 9.17) is 11.6 Å². The van der Waals surface area contributed by atoms with Gasteiger partial charge in [-0.1, -0.05) is 18.2 Å². The van der Waals surface area contributed by atoms with Crippen LogP contribution >= 0.6 is 11.6 Å². The molecule has 0 bridgehead atoms. The molecular formula is C14H20ClNO2. The molecule has 0 aliphatic heterocycles. The van der Waals surface area contributed by atoms with Crippen LogP contribution in [0.15, 0.2) is 24.3 Å². The van der Waals surface area contributed by atoms with E-state index in [1.807, 2.05) is 32.9 Å². The smallest absolute Gasteiger partial charge is 0.229 e. The van der Waals surface area contributed by atoms with Gasteiger partial charge in [-0.15, -0.1) is 11.6 Å². The summed E-state index contributed by atoms with van der Waals surface area (Å²) in [6.45, 7) is 5.52. The minimum atomic E-state index is -0.602. The minimum absolute atomic E-state index is 0.0340. The molecule has 0 aromatic heterocycles. The Hall–Kier alpha value is -1.22. The van der Waals surface area contributed by atoms with Gasteiger partial charge in [0.05, 0.1) is 11.5 Å². The molecule has 1 atom stereocenters. The van der Waals surface area contributed by atoms with E-state index in [1.54, 1.807) is 24.1 Å². The highest BCUT2D eigenvalue weighted by atomic mass is 35.5. The van der Waals surface area contributed by atoms with Crippen molar-refractivity contribution in [2.45, 2.75) is 26.8 Å². The first-order valence-electron chi connectivity index (χ1n) is 5.92. The molecule has 0 aliphatic carbocycles. The number of aromatic hydroxyl groups is 1. The van der Waals surface area contributed by atoms with Gasteiger partial charge < -0.3 is 10.0 Å². The monoisotopic (exact) mass is 269 g/mol. The van der Waals surface area contributed by atoms with E-state index < -0.39 is 5.41 Å². The number of carbonyl (C=O) groups is 1. The van der Waals surface area contributed by atoms with Crippen LogP contribution in [0.3, 0.4) is 0 Å². The summed E-state index contributed by atoms with van der Waals surface area (Å²) in [7, 11) is 1.73. The number of halogens is 1. The Morgan fingerprint density at radius 2 is 2.00 bits per heavy atom. The van der Waals surface area contributed by atoms with Gasteiger partial charge in [-0.3, -0.25) is 4.79 Å². The molecule has 1 N–H and O–H groups in total. The molecule has 1 unspecified atom stereocenters. The lowest BCUT2D eigenvalue weighted by Gasteiger charge is -2.32. The van der Waals surface area contributed by atoms with Crippen molar-refractivity contribution in [2.75, 3.05) is 12.9 Å². The van der Waals surface area contributed by atoms with Crippen molar-refractivity contribution < 1.29 is 9.90 Å². The van der Waals surface area contributed by atoms with Gasteiger partial charge in [-0.25, -0.2) is 0 Å².